The number of hydrogen-bond donors (Lipinski definition) is 0. The molecule has 0 unspecified atom stereocenters. The first-order valence-electron chi connectivity index (χ1n) is 3.86. The zero-order valence-corrected chi connectivity index (χ0v) is 8.14. The van der Waals surface area contributed by atoms with Gasteiger partial charge in [0, 0.05) is 19.1 Å². The first kappa shape index (κ1) is 11.6. The van der Waals surface area contributed by atoms with Crippen LogP contribution in [-0.4, -0.2) is 43.6 Å². The fourth-order valence-electron chi connectivity index (χ4n) is 0.959. The van der Waals surface area contributed by atoms with Gasteiger partial charge in [-0.25, -0.2) is 13.0 Å². The van der Waals surface area contributed by atoms with E-state index in [1.165, 1.54) is 32.4 Å². The van der Waals surface area contributed by atoms with Crippen molar-refractivity contribution < 1.29 is 17.5 Å². The van der Waals surface area contributed by atoms with Crippen LogP contribution in [0.15, 0.2) is 0 Å². The predicted molar refractivity (Wildman–Crippen MR) is 46.6 cm³/mol. The van der Waals surface area contributed by atoms with Crippen molar-refractivity contribution in [1.82, 2.24) is 0 Å². The van der Waals surface area contributed by atoms with E-state index in [-0.39, 0.29) is 0 Å². The normalized spacial score (nSPS) is 18.0. The molecular weight excluding hydrogens is 178 g/mol. The van der Waals surface area contributed by atoms with Crippen LogP contribution in [0.1, 0.15) is 19.3 Å². The van der Waals surface area contributed by atoms with Gasteiger partial charge in [-0.15, -0.1) is 0 Å². The Balaban J connectivity index is 0.000000217. The Morgan fingerprint density at radius 2 is 1.58 bits per heavy atom. The Morgan fingerprint density at radius 1 is 1.25 bits per heavy atom. The molecule has 4 nitrogen and oxygen atoms in total. The lowest BCUT2D eigenvalue weighted by molar-refractivity contribution is -0.529. The summed E-state index contributed by atoms with van der Waals surface area (Å²) < 4.78 is 29.4. The Hall–Kier alpha value is -0.420. The molecule has 1 rings (SSSR count). The van der Waals surface area contributed by atoms with E-state index in [9.17, 15) is 0 Å². The van der Waals surface area contributed by atoms with Gasteiger partial charge in [-0.05, 0) is 6.42 Å². The van der Waals surface area contributed by atoms with Crippen LogP contribution in [0.25, 0.3) is 0 Å². The fraction of sp³-hybridized carbons (Fsp3) is 0.857. The van der Waals surface area contributed by atoms with Crippen LogP contribution >= 0.6 is 0 Å². The van der Waals surface area contributed by atoms with Gasteiger partial charge in [-0.3, -0.25) is 0 Å². The van der Waals surface area contributed by atoms with Crippen LogP contribution in [0.4, 0.5) is 0 Å². The van der Waals surface area contributed by atoms with Crippen molar-refractivity contribution in [2.45, 2.75) is 19.3 Å². The van der Waals surface area contributed by atoms with Crippen LogP contribution in [0.5, 0.6) is 0 Å². The molecule has 1 heterocycles. The molecular formula is C7H15NO3S. The van der Waals surface area contributed by atoms with Gasteiger partial charge in [0.05, 0.1) is 10.1 Å². The molecule has 1 fully saturated rings. The monoisotopic (exact) mass is 193 g/mol. The maximum atomic E-state index is 9.08. The molecule has 72 valence electrons. The van der Waals surface area contributed by atoms with Crippen molar-refractivity contribution in [2.75, 3.05) is 19.3 Å². The standard InChI is InChI=1S/C6H12N.CH4O3S/c1-7-5-3-2-4-6-7;1-5(2,3)4/h1-6H2;1H3,(H,2,3,4)/q+1;/p-1. The summed E-state index contributed by atoms with van der Waals surface area (Å²) in [5, 5.41) is 0. The molecule has 0 radical (unpaired) electrons. The van der Waals surface area contributed by atoms with Crippen molar-refractivity contribution in [3.05, 3.63) is 0 Å². The quantitative estimate of drug-likeness (QED) is 0.403. The van der Waals surface area contributed by atoms with E-state index in [2.05, 4.69) is 11.3 Å². The van der Waals surface area contributed by atoms with Gasteiger partial charge < -0.3 is 4.55 Å². The Morgan fingerprint density at radius 3 is 1.75 bits per heavy atom. The fourth-order valence-corrected chi connectivity index (χ4v) is 0.959. The molecule has 0 spiro atoms. The molecule has 0 amide bonds. The molecule has 1 aliphatic heterocycles. The van der Waals surface area contributed by atoms with Gasteiger partial charge in [-0.1, -0.05) is 0 Å². The van der Waals surface area contributed by atoms with Crippen LogP contribution in [0.3, 0.4) is 0 Å². The molecule has 0 aromatic heterocycles. The Kier molecular flexibility index (Phi) is 5.08. The van der Waals surface area contributed by atoms with Gasteiger partial charge in [-0.2, -0.15) is 0 Å². The highest BCUT2D eigenvalue weighted by molar-refractivity contribution is 7.84. The SMILES string of the molecule is C=[N+]1CCCCC1.CS(=O)(=O)[O-]. The van der Waals surface area contributed by atoms with Crippen molar-refractivity contribution in [2.24, 2.45) is 0 Å². The first-order chi connectivity index (χ1) is 5.39. The zero-order valence-electron chi connectivity index (χ0n) is 7.32. The topological polar surface area (TPSA) is 60.2 Å². The smallest absolute Gasteiger partial charge is 0.142 e. The van der Waals surface area contributed by atoms with E-state index >= 15 is 0 Å². The van der Waals surface area contributed by atoms with Crippen LogP contribution in [0, 0.1) is 0 Å². The number of piperidine rings is 1. The highest BCUT2D eigenvalue weighted by Gasteiger charge is 2.05. The molecule has 1 aliphatic rings. The van der Waals surface area contributed by atoms with E-state index < -0.39 is 10.1 Å². The molecule has 0 aromatic carbocycles. The van der Waals surface area contributed by atoms with E-state index in [4.69, 9.17) is 13.0 Å². The molecule has 0 saturated carbocycles. The molecule has 0 N–H and O–H groups in total. The third-order valence-electron chi connectivity index (χ3n) is 1.45. The minimum Gasteiger partial charge on any atom is -0.748 e. The molecule has 1 saturated heterocycles. The van der Waals surface area contributed by atoms with E-state index in [1.54, 1.807) is 0 Å². The molecule has 0 atom stereocenters. The number of nitrogens with zero attached hydrogens (tertiary/aromatic N) is 1. The highest BCUT2D eigenvalue weighted by Crippen LogP contribution is 2.01. The second-order valence-corrected chi connectivity index (χ2v) is 4.29. The average Bonchev–Trinajstić information content (AvgIpc) is 1.85. The summed E-state index contributed by atoms with van der Waals surface area (Å²) in [6.07, 6.45) is 4.71. The number of hydrogen-bond acceptors (Lipinski definition) is 3. The lowest BCUT2D eigenvalue weighted by Crippen LogP contribution is -2.17. The maximum absolute atomic E-state index is 9.08. The Bertz CT molecular complexity index is 217. The summed E-state index contributed by atoms with van der Waals surface area (Å²) in [5.74, 6) is 0. The zero-order chi connectivity index (χ0) is 9.61. The van der Waals surface area contributed by atoms with Crippen LogP contribution in [0.2, 0.25) is 0 Å². The lowest BCUT2D eigenvalue weighted by Gasteiger charge is -2.05. The van der Waals surface area contributed by atoms with E-state index in [0.29, 0.717) is 6.26 Å². The highest BCUT2D eigenvalue weighted by atomic mass is 32.2. The van der Waals surface area contributed by atoms with Gasteiger partial charge >= 0.3 is 0 Å². The molecule has 12 heavy (non-hydrogen) atoms. The number of rotatable bonds is 0. The van der Waals surface area contributed by atoms with Gasteiger partial charge in [0.25, 0.3) is 0 Å². The molecule has 5 heteroatoms. The van der Waals surface area contributed by atoms with E-state index in [1.807, 2.05) is 0 Å². The molecule has 0 aliphatic carbocycles. The summed E-state index contributed by atoms with van der Waals surface area (Å²) in [4.78, 5) is 0. The second-order valence-electron chi connectivity index (χ2n) is 2.88. The van der Waals surface area contributed by atoms with Gasteiger partial charge in [0.2, 0.25) is 0 Å². The molecule has 0 aromatic rings. The first-order valence-corrected chi connectivity index (χ1v) is 5.67. The predicted octanol–water partition coefficient (Wildman–Crippen LogP) is 0.0448. The minimum atomic E-state index is -3.92. The van der Waals surface area contributed by atoms with Crippen molar-refractivity contribution in [1.29, 1.82) is 0 Å². The summed E-state index contributed by atoms with van der Waals surface area (Å²) in [6.45, 7) is 6.25. The van der Waals surface area contributed by atoms with Crippen molar-refractivity contribution in [3.8, 4) is 0 Å². The maximum Gasteiger partial charge on any atom is 0.142 e. The minimum absolute atomic E-state index is 0.604. The van der Waals surface area contributed by atoms with Crippen LogP contribution < -0.4 is 0 Å². The molecule has 0 bridgehead atoms. The summed E-state index contributed by atoms with van der Waals surface area (Å²) in [7, 11) is -3.92. The second kappa shape index (κ2) is 5.27. The van der Waals surface area contributed by atoms with Gasteiger partial charge in [0.15, 0.2) is 0 Å². The summed E-state index contributed by atoms with van der Waals surface area (Å²) >= 11 is 0. The average molecular weight is 193 g/mol. The summed E-state index contributed by atoms with van der Waals surface area (Å²) in [5.41, 5.74) is 0. The lowest BCUT2D eigenvalue weighted by atomic mass is 10.2. The van der Waals surface area contributed by atoms with E-state index in [0.717, 1.165) is 0 Å². The largest absolute Gasteiger partial charge is 0.748 e. The third kappa shape index (κ3) is 12.3. The van der Waals surface area contributed by atoms with Crippen molar-refractivity contribution in [3.63, 3.8) is 0 Å². The van der Waals surface area contributed by atoms with Crippen LogP contribution in [-0.2, 0) is 10.1 Å². The van der Waals surface area contributed by atoms with Gasteiger partial charge in [0.1, 0.15) is 19.8 Å². The third-order valence-corrected chi connectivity index (χ3v) is 1.45. The Labute approximate surface area is 73.7 Å². The summed E-state index contributed by atoms with van der Waals surface area (Å²) in [6, 6.07) is 0. The van der Waals surface area contributed by atoms with Crippen molar-refractivity contribution >= 4 is 16.8 Å².